The third-order valence-corrected chi connectivity index (χ3v) is 3.68. The standard InChI is InChI=1S/C20H18FNO3/c1-2-24-20(23)10-15-9-16-5-8-18(11-19(16)22-12-15)25-13-14-3-6-17(21)7-4-14/h3-9,11-12H,2,10,13H2,1H3. The Labute approximate surface area is 145 Å². The van der Waals surface area contributed by atoms with E-state index in [9.17, 15) is 9.18 Å². The number of pyridine rings is 1. The van der Waals surface area contributed by atoms with Crippen LogP contribution in [0.5, 0.6) is 5.75 Å². The molecule has 0 unspecified atom stereocenters. The molecule has 1 aromatic heterocycles. The lowest BCUT2D eigenvalue weighted by atomic mass is 10.1. The molecule has 0 aliphatic rings. The van der Waals surface area contributed by atoms with E-state index in [4.69, 9.17) is 9.47 Å². The second kappa shape index (κ2) is 7.75. The average Bonchev–Trinajstić information content (AvgIpc) is 2.61. The van der Waals surface area contributed by atoms with Crippen LogP contribution in [0.4, 0.5) is 4.39 Å². The number of carbonyl (C=O) groups is 1. The Kier molecular flexibility index (Phi) is 5.23. The number of nitrogens with zero attached hydrogens (tertiary/aromatic N) is 1. The van der Waals surface area contributed by atoms with E-state index in [1.165, 1.54) is 12.1 Å². The van der Waals surface area contributed by atoms with Crippen molar-refractivity contribution >= 4 is 16.9 Å². The molecule has 2 aromatic carbocycles. The van der Waals surface area contributed by atoms with Crippen LogP contribution in [-0.2, 0) is 22.6 Å². The highest BCUT2D eigenvalue weighted by Crippen LogP contribution is 2.21. The van der Waals surface area contributed by atoms with Gasteiger partial charge in [-0.15, -0.1) is 0 Å². The van der Waals surface area contributed by atoms with Crippen molar-refractivity contribution in [3.05, 3.63) is 71.7 Å². The first kappa shape index (κ1) is 16.9. The third-order valence-electron chi connectivity index (χ3n) is 3.68. The zero-order valence-electron chi connectivity index (χ0n) is 13.9. The van der Waals surface area contributed by atoms with E-state index in [1.54, 1.807) is 25.3 Å². The number of fused-ring (bicyclic) bond motifs is 1. The molecular weight excluding hydrogens is 321 g/mol. The first-order valence-electron chi connectivity index (χ1n) is 8.05. The molecule has 0 amide bonds. The van der Waals surface area contributed by atoms with Gasteiger partial charge in [0, 0.05) is 17.6 Å². The maximum atomic E-state index is 12.9. The van der Waals surface area contributed by atoms with Gasteiger partial charge in [0.05, 0.1) is 18.5 Å². The average molecular weight is 339 g/mol. The summed E-state index contributed by atoms with van der Waals surface area (Å²) in [5.74, 6) is 0.155. The summed E-state index contributed by atoms with van der Waals surface area (Å²) in [4.78, 5) is 15.9. The van der Waals surface area contributed by atoms with E-state index in [0.717, 1.165) is 22.0 Å². The molecule has 0 aliphatic carbocycles. The van der Waals surface area contributed by atoms with Gasteiger partial charge >= 0.3 is 5.97 Å². The summed E-state index contributed by atoms with van der Waals surface area (Å²) in [7, 11) is 0. The van der Waals surface area contributed by atoms with E-state index >= 15 is 0 Å². The Balaban J connectivity index is 1.69. The Morgan fingerprint density at radius 2 is 1.88 bits per heavy atom. The largest absolute Gasteiger partial charge is 0.489 e. The van der Waals surface area contributed by atoms with Crippen LogP contribution in [0.15, 0.2) is 54.7 Å². The van der Waals surface area contributed by atoms with Crippen LogP contribution in [0.1, 0.15) is 18.1 Å². The van der Waals surface area contributed by atoms with Crippen molar-refractivity contribution in [1.82, 2.24) is 4.98 Å². The van der Waals surface area contributed by atoms with Gasteiger partial charge in [0.25, 0.3) is 0 Å². The first-order chi connectivity index (χ1) is 12.1. The van der Waals surface area contributed by atoms with Gasteiger partial charge < -0.3 is 9.47 Å². The Morgan fingerprint density at radius 1 is 1.08 bits per heavy atom. The van der Waals surface area contributed by atoms with Crippen LogP contribution in [0.3, 0.4) is 0 Å². The van der Waals surface area contributed by atoms with Gasteiger partial charge in [-0.25, -0.2) is 4.39 Å². The fourth-order valence-electron chi connectivity index (χ4n) is 2.46. The molecule has 4 nitrogen and oxygen atoms in total. The minimum atomic E-state index is -0.266. The number of aromatic nitrogens is 1. The van der Waals surface area contributed by atoms with Crippen molar-refractivity contribution in [2.45, 2.75) is 20.0 Å². The molecule has 0 saturated carbocycles. The maximum absolute atomic E-state index is 12.9. The predicted octanol–water partition coefficient (Wildman–Crippen LogP) is 4.06. The van der Waals surface area contributed by atoms with Gasteiger partial charge in [0.2, 0.25) is 0 Å². The molecule has 5 heteroatoms. The number of ether oxygens (including phenoxy) is 2. The molecule has 0 aliphatic heterocycles. The van der Waals surface area contributed by atoms with Gasteiger partial charge in [-0.3, -0.25) is 9.78 Å². The lowest BCUT2D eigenvalue weighted by Crippen LogP contribution is -2.07. The number of hydrogen-bond donors (Lipinski definition) is 0. The highest BCUT2D eigenvalue weighted by Gasteiger charge is 2.06. The van der Waals surface area contributed by atoms with Gasteiger partial charge in [-0.05, 0) is 48.4 Å². The number of carbonyl (C=O) groups excluding carboxylic acids is 1. The molecule has 0 spiro atoms. The summed E-state index contributed by atoms with van der Waals surface area (Å²) >= 11 is 0. The molecule has 0 radical (unpaired) electrons. The van der Waals surface area contributed by atoms with E-state index in [0.29, 0.717) is 19.0 Å². The number of hydrogen-bond acceptors (Lipinski definition) is 4. The summed E-state index contributed by atoms with van der Waals surface area (Å²) in [5, 5.41) is 0.927. The fourth-order valence-corrected chi connectivity index (χ4v) is 2.46. The summed E-state index contributed by atoms with van der Waals surface area (Å²) in [6.07, 6.45) is 1.88. The van der Waals surface area contributed by atoms with E-state index in [2.05, 4.69) is 4.98 Å². The Bertz CT molecular complexity index is 878. The van der Waals surface area contributed by atoms with Crippen molar-refractivity contribution in [1.29, 1.82) is 0 Å². The summed E-state index contributed by atoms with van der Waals surface area (Å²) in [6, 6.07) is 13.7. The smallest absolute Gasteiger partial charge is 0.310 e. The van der Waals surface area contributed by atoms with E-state index in [1.807, 2.05) is 24.3 Å². The third kappa shape index (κ3) is 4.53. The summed E-state index contributed by atoms with van der Waals surface area (Å²) < 4.78 is 23.6. The quantitative estimate of drug-likeness (QED) is 0.636. The van der Waals surface area contributed by atoms with Gasteiger partial charge in [0.15, 0.2) is 0 Å². The zero-order chi connectivity index (χ0) is 17.6. The number of benzene rings is 2. The van der Waals surface area contributed by atoms with Crippen molar-refractivity contribution < 1.29 is 18.7 Å². The molecule has 3 aromatic rings. The molecule has 128 valence electrons. The molecular formula is C20H18FNO3. The topological polar surface area (TPSA) is 48.4 Å². The van der Waals surface area contributed by atoms with Crippen LogP contribution < -0.4 is 4.74 Å². The molecule has 0 N–H and O–H groups in total. The monoisotopic (exact) mass is 339 g/mol. The number of halogens is 1. The van der Waals surface area contributed by atoms with Gasteiger partial charge in [0.1, 0.15) is 18.2 Å². The molecule has 25 heavy (non-hydrogen) atoms. The fraction of sp³-hybridized carbons (Fsp3) is 0.200. The number of rotatable bonds is 6. The second-order valence-corrected chi connectivity index (χ2v) is 5.60. The van der Waals surface area contributed by atoms with Gasteiger partial charge in [-0.1, -0.05) is 12.1 Å². The highest BCUT2D eigenvalue weighted by atomic mass is 19.1. The maximum Gasteiger partial charge on any atom is 0.310 e. The van der Waals surface area contributed by atoms with Crippen LogP contribution >= 0.6 is 0 Å². The Morgan fingerprint density at radius 3 is 2.64 bits per heavy atom. The minimum absolute atomic E-state index is 0.208. The lowest BCUT2D eigenvalue weighted by molar-refractivity contribution is -0.142. The molecule has 0 saturated heterocycles. The highest BCUT2D eigenvalue weighted by molar-refractivity contribution is 5.82. The molecule has 0 atom stereocenters. The van der Waals surface area contributed by atoms with Crippen LogP contribution in [0.25, 0.3) is 10.9 Å². The first-order valence-corrected chi connectivity index (χ1v) is 8.05. The van der Waals surface area contributed by atoms with E-state index < -0.39 is 0 Å². The molecule has 0 fully saturated rings. The molecule has 0 bridgehead atoms. The predicted molar refractivity (Wildman–Crippen MR) is 92.8 cm³/mol. The minimum Gasteiger partial charge on any atom is -0.489 e. The lowest BCUT2D eigenvalue weighted by Gasteiger charge is -2.08. The molecule has 1 heterocycles. The van der Waals surface area contributed by atoms with Gasteiger partial charge in [-0.2, -0.15) is 0 Å². The summed E-state index contributed by atoms with van der Waals surface area (Å²) in [6.45, 7) is 2.51. The second-order valence-electron chi connectivity index (χ2n) is 5.60. The van der Waals surface area contributed by atoms with Crippen molar-refractivity contribution in [3.8, 4) is 5.75 Å². The Hall–Kier alpha value is -2.95. The molecule has 3 rings (SSSR count). The van der Waals surface area contributed by atoms with Crippen LogP contribution in [-0.4, -0.2) is 17.6 Å². The zero-order valence-corrected chi connectivity index (χ0v) is 13.9. The van der Waals surface area contributed by atoms with Crippen molar-refractivity contribution in [2.24, 2.45) is 0 Å². The SMILES string of the molecule is CCOC(=O)Cc1cnc2cc(OCc3ccc(F)cc3)ccc2c1. The number of esters is 1. The van der Waals surface area contributed by atoms with Crippen molar-refractivity contribution in [2.75, 3.05) is 6.61 Å². The van der Waals surface area contributed by atoms with Crippen molar-refractivity contribution in [3.63, 3.8) is 0 Å². The van der Waals surface area contributed by atoms with Crippen LogP contribution in [0.2, 0.25) is 0 Å². The van der Waals surface area contributed by atoms with E-state index in [-0.39, 0.29) is 18.2 Å². The normalized spacial score (nSPS) is 10.6. The van der Waals surface area contributed by atoms with Crippen LogP contribution in [0, 0.1) is 5.82 Å². The summed E-state index contributed by atoms with van der Waals surface area (Å²) in [5.41, 5.74) is 2.48.